The minimum Gasteiger partial charge on any atom is -0.481 e. The molecule has 21 heavy (non-hydrogen) atoms. The molecule has 0 aromatic heterocycles. The molecule has 1 aliphatic heterocycles. The quantitative estimate of drug-likeness (QED) is 0.903. The molecule has 2 rings (SSSR count). The Bertz CT molecular complexity index is 537. The highest BCUT2D eigenvalue weighted by Gasteiger charge is 2.37. The maximum absolute atomic E-state index is 12.2. The Kier molecular flexibility index (Phi) is 5.53. The van der Waals surface area contributed by atoms with Gasteiger partial charge in [-0.15, -0.1) is 11.8 Å². The molecular weight excluding hydrogens is 310 g/mol. The summed E-state index contributed by atoms with van der Waals surface area (Å²) >= 11 is 7.44. The smallest absolute Gasteiger partial charge is 0.308 e. The van der Waals surface area contributed by atoms with Gasteiger partial charge in [0.1, 0.15) is 0 Å². The fourth-order valence-corrected chi connectivity index (χ4v) is 3.66. The number of carboxylic acids is 1. The lowest BCUT2D eigenvalue weighted by atomic mass is 10.0. The van der Waals surface area contributed by atoms with Crippen LogP contribution in [-0.2, 0) is 15.3 Å². The van der Waals surface area contributed by atoms with Crippen molar-refractivity contribution in [3.63, 3.8) is 0 Å². The summed E-state index contributed by atoms with van der Waals surface area (Å²) in [5.41, 5.74) is 1.08. The molecule has 0 saturated carbocycles. The van der Waals surface area contributed by atoms with Crippen LogP contribution in [0, 0.1) is 5.92 Å². The number of amides is 1. The van der Waals surface area contributed by atoms with Gasteiger partial charge >= 0.3 is 5.97 Å². The summed E-state index contributed by atoms with van der Waals surface area (Å²) in [4.78, 5) is 24.9. The molecule has 1 N–H and O–H groups in total. The number of carboxylic acid groups (broad SMARTS) is 1. The lowest BCUT2D eigenvalue weighted by molar-refractivity contribution is -0.142. The zero-order valence-corrected chi connectivity index (χ0v) is 13.4. The summed E-state index contributed by atoms with van der Waals surface area (Å²) in [6.07, 6.45) is 0.543. The summed E-state index contributed by atoms with van der Waals surface area (Å²) in [6, 6.07) is 7.35. The van der Waals surface area contributed by atoms with Crippen LogP contribution in [0.3, 0.4) is 0 Å². The molecule has 1 aromatic rings. The zero-order valence-electron chi connectivity index (χ0n) is 11.8. The van der Waals surface area contributed by atoms with E-state index in [-0.39, 0.29) is 11.9 Å². The average Bonchev–Trinajstić information content (AvgIpc) is 2.80. The number of aliphatic carboxylic acids is 1. The minimum atomic E-state index is -0.815. The Hall–Kier alpha value is -1.20. The number of rotatable bonds is 5. The van der Waals surface area contributed by atoms with Gasteiger partial charge in [0.15, 0.2) is 0 Å². The molecule has 6 heteroatoms. The maximum Gasteiger partial charge on any atom is 0.308 e. The van der Waals surface area contributed by atoms with Crippen molar-refractivity contribution < 1.29 is 14.7 Å². The first-order valence-electron chi connectivity index (χ1n) is 6.83. The number of carbonyl (C=O) groups is 2. The van der Waals surface area contributed by atoms with E-state index in [9.17, 15) is 9.59 Å². The predicted molar refractivity (Wildman–Crippen MR) is 84.5 cm³/mol. The topological polar surface area (TPSA) is 57.6 Å². The normalized spacial score (nSPS) is 21.5. The van der Waals surface area contributed by atoms with Crippen molar-refractivity contribution in [1.29, 1.82) is 0 Å². The van der Waals surface area contributed by atoms with Crippen molar-refractivity contribution >= 4 is 35.2 Å². The molecule has 1 aliphatic rings. The second-order valence-electron chi connectivity index (χ2n) is 5.18. The molecule has 1 amide bonds. The molecule has 1 saturated heterocycles. The van der Waals surface area contributed by atoms with E-state index in [0.717, 1.165) is 11.3 Å². The van der Waals surface area contributed by atoms with Crippen LogP contribution in [0.25, 0.3) is 0 Å². The van der Waals surface area contributed by atoms with Crippen LogP contribution in [0.15, 0.2) is 24.3 Å². The van der Waals surface area contributed by atoms with E-state index < -0.39 is 11.9 Å². The molecule has 0 spiro atoms. The molecule has 0 bridgehead atoms. The first-order chi connectivity index (χ1) is 9.99. The Balaban J connectivity index is 1.81. The number of carbonyl (C=O) groups excluding carboxylic acids is 1. The fraction of sp³-hybridized carbons (Fsp3) is 0.467. The predicted octanol–water partition coefficient (Wildman–Crippen LogP) is 2.89. The number of nitrogens with zero attached hydrogens (tertiary/aromatic N) is 1. The van der Waals surface area contributed by atoms with E-state index in [0.29, 0.717) is 23.7 Å². The minimum absolute atomic E-state index is 0.0123. The molecule has 4 nitrogen and oxygen atoms in total. The molecule has 1 heterocycles. The molecular formula is C15H18ClNO3S. The van der Waals surface area contributed by atoms with Gasteiger partial charge in [-0.25, -0.2) is 0 Å². The monoisotopic (exact) mass is 327 g/mol. The molecule has 2 unspecified atom stereocenters. The molecule has 2 atom stereocenters. The first-order valence-corrected chi connectivity index (χ1v) is 8.36. The van der Waals surface area contributed by atoms with Crippen molar-refractivity contribution in [2.75, 3.05) is 12.3 Å². The van der Waals surface area contributed by atoms with Gasteiger partial charge in [0.05, 0.1) is 11.7 Å². The van der Waals surface area contributed by atoms with Crippen molar-refractivity contribution in [2.24, 2.45) is 5.92 Å². The summed E-state index contributed by atoms with van der Waals surface area (Å²) in [5, 5.41) is 9.77. The molecule has 1 fully saturated rings. The van der Waals surface area contributed by atoms with Gasteiger partial charge in [0, 0.05) is 23.4 Å². The average molecular weight is 328 g/mol. The third kappa shape index (κ3) is 4.14. The molecule has 0 aliphatic carbocycles. The van der Waals surface area contributed by atoms with Gasteiger partial charge in [0.25, 0.3) is 0 Å². The second kappa shape index (κ2) is 7.18. The van der Waals surface area contributed by atoms with Crippen molar-refractivity contribution in [3.8, 4) is 0 Å². The SMILES string of the molecule is CC1C(C(=O)O)CCN1C(=O)CSCc1cccc(Cl)c1. The van der Waals surface area contributed by atoms with Gasteiger partial charge in [-0.3, -0.25) is 9.59 Å². The lowest BCUT2D eigenvalue weighted by Gasteiger charge is -2.23. The zero-order chi connectivity index (χ0) is 15.4. The number of benzene rings is 1. The van der Waals surface area contributed by atoms with Gasteiger partial charge in [-0.2, -0.15) is 0 Å². The van der Waals surface area contributed by atoms with Crippen LogP contribution in [0.5, 0.6) is 0 Å². The van der Waals surface area contributed by atoms with E-state index in [1.54, 1.807) is 4.90 Å². The Morgan fingerprint density at radius 2 is 2.24 bits per heavy atom. The fourth-order valence-electron chi connectivity index (χ4n) is 2.59. The van der Waals surface area contributed by atoms with E-state index in [1.165, 1.54) is 11.8 Å². The molecule has 114 valence electrons. The summed E-state index contributed by atoms with van der Waals surface area (Å²) in [7, 11) is 0. The van der Waals surface area contributed by atoms with Crippen molar-refractivity contribution in [1.82, 2.24) is 4.90 Å². The number of thioether (sulfide) groups is 1. The van der Waals surface area contributed by atoms with E-state index in [2.05, 4.69) is 0 Å². The van der Waals surface area contributed by atoms with E-state index in [4.69, 9.17) is 16.7 Å². The van der Waals surface area contributed by atoms with Crippen LogP contribution in [0.4, 0.5) is 0 Å². The summed E-state index contributed by atoms with van der Waals surface area (Å²) in [6.45, 7) is 2.35. The van der Waals surface area contributed by atoms with Gasteiger partial charge < -0.3 is 10.0 Å². The number of likely N-dealkylation sites (tertiary alicyclic amines) is 1. The third-order valence-corrected chi connectivity index (χ3v) is 5.00. The molecule has 1 aromatic carbocycles. The van der Waals surface area contributed by atoms with Crippen LogP contribution in [0.1, 0.15) is 18.9 Å². The van der Waals surface area contributed by atoms with Gasteiger partial charge in [-0.1, -0.05) is 23.7 Å². The Morgan fingerprint density at radius 1 is 1.48 bits per heavy atom. The van der Waals surface area contributed by atoms with Crippen LogP contribution >= 0.6 is 23.4 Å². The van der Waals surface area contributed by atoms with E-state index in [1.807, 2.05) is 31.2 Å². The molecule has 0 radical (unpaired) electrons. The maximum atomic E-state index is 12.2. The highest BCUT2D eigenvalue weighted by molar-refractivity contribution is 7.99. The third-order valence-electron chi connectivity index (χ3n) is 3.78. The van der Waals surface area contributed by atoms with Crippen molar-refractivity contribution in [2.45, 2.75) is 25.1 Å². The number of halogens is 1. The van der Waals surface area contributed by atoms with Gasteiger partial charge in [-0.05, 0) is 31.0 Å². The van der Waals surface area contributed by atoms with Crippen LogP contribution in [-0.4, -0.2) is 40.2 Å². The largest absolute Gasteiger partial charge is 0.481 e. The van der Waals surface area contributed by atoms with Crippen LogP contribution < -0.4 is 0 Å². The van der Waals surface area contributed by atoms with Crippen molar-refractivity contribution in [3.05, 3.63) is 34.9 Å². The van der Waals surface area contributed by atoms with E-state index >= 15 is 0 Å². The Morgan fingerprint density at radius 3 is 2.86 bits per heavy atom. The van der Waals surface area contributed by atoms with Crippen LogP contribution in [0.2, 0.25) is 5.02 Å². The summed E-state index contributed by atoms with van der Waals surface area (Å²) < 4.78 is 0. The standard InChI is InChI=1S/C15H18ClNO3S/c1-10-13(15(19)20)5-6-17(10)14(18)9-21-8-11-3-2-4-12(16)7-11/h2-4,7,10,13H,5-6,8-9H2,1H3,(H,19,20). The second-order valence-corrected chi connectivity index (χ2v) is 6.61. The lowest BCUT2D eigenvalue weighted by Crippen LogP contribution is -2.38. The summed E-state index contributed by atoms with van der Waals surface area (Å²) in [5.74, 6) is -0.158. The first kappa shape index (κ1) is 16.2. The van der Waals surface area contributed by atoms with Gasteiger partial charge in [0.2, 0.25) is 5.91 Å². The Labute approximate surface area is 133 Å². The number of hydrogen-bond acceptors (Lipinski definition) is 3. The number of hydrogen-bond donors (Lipinski definition) is 1. The highest BCUT2D eigenvalue weighted by atomic mass is 35.5. The highest BCUT2D eigenvalue weighted by Crippen LogP contribution is 2.25.